The van der Waals surface area contributed by atoms with Gasteiger partial charge in [0.15, 0.2) is 12.2 Å². The van der Waals surface area contributed by atoms with Crippen LogP contribution in [-0.4, -0.2) is 96.7 Å². The van der Waals surface area contributed by atoms with Crippen LogP contribution in [0.5, 0.6) is 0 Å². The van der Waals surface area contributed by atoms with Crippen molar-refractivity contribution in [2.24, 2.45) is 5.92 Å². The monoisotopic (exact) mass is 1210 g/mol. The predicted molar refractivity (Wildman–Crippen MR) is 326 cm³/mol. The summed E-state index contributed by atoms with van der Waals surface area (Å²) in [6.07, 6.45) is 40.5. The molecule has 0 fully saturated rings. The molecule has 0 aliphatic rings. The van der Waals surface area contributed by atoms with Crippen LogP contribution in [0.3, 0.4) is 0 Å². The molecule has 0 aliphatic carbocycles. The summed E-state index contributed by atoms with van der Waals surface area (Å²) in [5.41, 5.74) is 0. The molecule has 486 valence electrons. The van der Waals surface area contributed by atoms with Crippen molar-refractivity contribution in [3.05, 3.63) is 0 Å². The largest absolute Gasteiger partial charge is 0.472 e. The molecule has 0 aromatic heterocycles. The zero-order chi connectivity index (χ0) is 60.6. The second-order valence-corrected chi connectivity index (χ2v) is 26.2. The maximum atomic E-state index is 13.0. The minimum Gasteiger partial charge on any atom is -0.462 e. The molecule has 0 bridgehead atoms. The number of aliphatic hydroxyl groups is 1. The summed E-state index contributed by atoms with van der Waals surface area (Å²) in [6.45, 7) is 7.08. The van der Waals surface area contributed by atoms with E-state index in [1.807, 2.05) is 0 Å². The third kappa shape index (κ3) is 57.2. The number of aliphatic hydroxyl groups excluding tert-OH is 1. The maximum Gasteiger partial charge on any atom is 0.472 e. The normalized spacial score (nSPS) is 14.3. The molecular formula is C63H122O17P2. The van der Waals surface area contributed by atoms with Crippen molar-refractivity contribution in [1.29, 1.82) is 0 Å². The number of phosphoric acid groups is 2. The topological polar surface area (TPSA) is 237 Å². The van der Waals surface area contributed by atoms with Crippen molar-refractivity contribution in [3.63, 3.8) is 0 Å². The number of hydrogen-bond acceptors (Lipinski definition) is 15. The quantitative estimate of drug-likeness (QED) is 0.0222. The third-order valence-electron chi connectivity index (χ3n) is 14.5. The van der Waals surface area contributed by atoms with Crippen LogP contribution in [0, 0.1) is 5.92 Å². The van der Waals surface area contributed by atoms with Crippen LogP contribution < -0.4 is 0 Å². The second kappa shape index (κ2) is 56.8. The van der Waals surface area contributed by atoms with Gasteiger partial charge >= 0.3 is 39.5 Å². The highest BCUT2D eigenvalue weighted by Gasteiger charge is 2.30. The van der Waals surface area contributed by atoms with E-state index in [-0.39, 0.29) is 25.7 Å². The van der Waals surface area contributed by atoms with Crippen LogP contribution in [-0.2, 0) is 65.4 Å². The van der Waals surface area contributed by atoms with Crippen molar-refractivity contribution in [1.82, 2.24) is 0 Å². The van der Waals surface area contributed by atoms with E-state index < -0.39 is 97.5 Å². The zero-order valence-corrected chi connectivity index (χ0v) is 54.4. The van der Waals surface area contributed by atoms with Crippen LogP contribution in [0.25, 0.3) is 0 Å². The summed E-state index contributed by atoms with van der Waals surface area (Å²) in [6, 6.07) is 0. The molecule has 2 unspecified atom stereocenters. The second-order valence-electron chi connectivity index (χ2n) is 23.3. The van der Waals surface area contributed by atoms with Crippen LogP contribution in [0.4, 0.5) is 0 Å². The molecule has 0 saturated carbocycles. The Morgan fingerprint density at radius 2 is 0.561 bits per heavy atom. The van der Waals surface area contributed by atoms with Crippen molar-refractivity contribution in [3.8, 4) is 0 Å². The number of hydrogen-bond donors (Lipinski definition) is 3. The highest BCUT2D eigenvalue weighted by atomic mass is 31.2. The molecule has 17 nitrogen and oxygen atoms in total. The Bertz CT molecular complexity index is 1600. The van der Waals surface area contributed by atoms with Crippen molar-refractivity contribution in [2.75, 3.05) is 39.6 Å². The van der Waals surface area contributed by atoms with Crippen molar-refractivity contribution < 1.29 is 80.2 Å². The maximum absolute atomic E-state index is 13.0. The van der Waals surface area contributed by atoms with E-state index in [0.29, 0.717) is 31.6 Å². The molecule has 0 radical (unpaired) electrons. The summed E-state index contributed by atoms with van der Waals surface area (Å²) in [5.74, 6) is -1.43. The Labute approximate surface area is 498 Å². The molecule has 3 N–H and O–H groups in total. The van der Waals surface area contributed by atoms with Gasteiger partial charge in [-0.2, -0.15) is 0 Å². The molecule has 82 heavy (non-hydrogen) atoms. The van der Waals surface area contributed by atoms with E-state index in [1.165, 1.54) is 122 Å². The van der Waals surface area contributed by atoms with E-state index in [4.69, 9.17) is 37.0 Å². The summed E-state index contributed by atoms with van der Waals surface area (Å²) in [7, 11) is -9.88. The number of unbranched alkanes of at least 4 members (excludes halogenated alkanes) is 35. The van der Waals surface area contributed by atoms with Gasteiger partial charge < -0.3 is 33.8 Å². The molecule has 0 amide bonds. The Morgan fingerprint density at radius 3 is 0.829 bits per heavy atom. The van der Waals surface area contributed by atoms with Crippen LogP contribution in [0.2, 0.25) is 0 Å². The molecule has 0 rings (SSSR count). The third-order valence-corrected chi connectivity index (χ3v) is 16.4. The molecule has 19 heteroatoms. The van der Waals surface area contributed by atoms with Gasteiger partial charge in [-0.05, 0) is 31.6 Å². The smallest absolute Gasteiger partial charge is 0.462 e. The molecular weight excluding hydrogens is 1090 g/mol. The lowest BCUT2D eigenvalue weighted by atomic mass is 10.0. The van der Waals surface area contributed by atoms with Gasteiger partial charge in [0, 0.05) is 25.7 Å². The highest BCUT2D eigenvalue weighted by Crippen LogP contribution is 2.45. The number of rotatable bonds is 63. The molecule has 0 aromatic rings. The summed E-state index contributed by atoms with van der Waals surface area (Å²) in [5, 5.41) is 10.5. The molecule has 0 aliphatic heterocycles. The number of carbonyl (C=O) groups excluding carboxylic acids is 4. The Hall–Kier alpha value is -1.94. The Morgan fingerprint density at radius 1 is 0.329 bits per heavy atom. The summed E-state index contributed by atoms with van der Waals surface area (Å²) in [4.78, 5) is 72.0. The summed E-state index contributed by atoms with van der Waals surface area (Å²) < 4.78 is 67.8. The minimum atomic E-state index is -4.94. The number of phosphoric ester groups is 2. The molecule has 0 saturated heterocycles. The molecule has 0 heterocycles. The summed E-state index contributed by atoms with van der Waals surface area (Å²) >= 11 is 0. The number of ether oxygens (including phenoxy) is 4. The fraction of sp³-hybridized carbons (Fsp3) is 0.937. The van der Waals surface area contributed by atoms with Gasteiger partial charge in [0.1, 0.15) is 19.3 Å². The lowest BCUT2D eigenvalue weighted by Crippen LogP contribution is -2.30. The Kier molecular flexibility index (Phi) is 55.5. The van der Waals surface area contributed by atoms with E-state index >= 15 is 0 Å². The van der Waals surface area contributed by atoms with Gasteiger partial charge in [0.05, 0.1) is 26.4 Å². The number of carbonyl (C=O) groups is 4. The zero-order valence-electron chi connectivity index (χ0n) is 52.6. The van der Waals surface area contributed by atoms with Crippen LogP contribution >= 0.6 is 15.6 Å². The lowest BCUT2D eigenvalue weighted by molar-refractivity contribution is -0.161. The first-order valence-electron chi connectivity index (χ1n) is 33.1. The van der Waals surface area contributed by atoms with Crippen LogP contribution in [0.1, 0.15) is 317 Å². The fourth-order valence-electron chi connectivity index (χ4n) is 9.41. The standard InChI is InChI=1S/C63H122O17P2/c1-6-9-12-15-18-21-22-23-24-25-26-27-28-33-39-44-49-63(68)80-59(53-74-61(66)47-42-37-34-29-30-35-40-45-56(4)5)55-78-82(71,72)76-51-57(64)50-75-81(69,70)77-54-58(79-62(67)48-43-38-32-20-17-14-11-8-3)52-73-60(65)46-41-36-31-19-16-13-10-7-2/h56-59,64H,6-55H2,1-5H3,(H,69,70)(H,71,72)/t57-,58+,59+/m0/s1. The predicted octanol–water partition coefficient (Wildman–Crippen LogP) is 17.4. The van der Waals surface area contributed by atoms with Crippen molar-refractivity contribution >= 4 is 39.5 Å². The van der Waals surface area contributed by atoms with E-state index in [1.54, 1.807) is 0 Å². The minimum absolute atomic E-state index is 0.105. The van der Waals surface area contributed by atoms with E-state index in [0.717, 1.165) is 109 Å². The van der Waals surface area contributed by atoms with E-state index in [9.17, 15) is 43.2 Å². The van der Waals surface area contributed by atoms with Gasteiger partial charge in [0.25, 0.3) is 0 Å². The van der Waals surface area contributed by atoms with Gasteiger partial charge in [-0.15, -0.1) is 0 Å². The Balaban J connectivity index is 5.18. The average molecular weight is 1210 g/mol. The first-order chi connectivity index (χ1) is 39.5. The average Bonchev–Trinajstić information content (AvgIpc) is 3.46. The molecule has 0 spiro atoms. The highest BCUT2D eigenvalue weighted by molar-refractivity contribution is 7.47. The van der Waals surface area contributed by atoms with Crippen LogP contribution in [0.15, 0.2) is 0 Å². The SMILES string of the molecule is CCCCCCCCCCCCCCCCCCC(=O)O[C@H](COC(=O)CCCCCCCCCC(C)C)COP(=O)(O)OC[C@@H](O)COP(=O)(O)OC[C@@H](COC(=O)CCCCCCCCCC)OC(=O)CCCCCCCCCC. The van der Waals surface area contributed by atoms with Gasteiger partial charge in [0.2, 0.25) is 0 Å². The first kappa shape index (κ1) is 80.1. The first-order valence-corrected chi connectivity index (χ1v) is 36.1. The van der Waals surface area contributed by atoms with Gasteiger partial charge in [-0.1, -0.05) is 266 Å². The fourth-order valence-corrected chi connectivity index (χ4v) is 11.0. The van der Waals surface area contributed by atoms with E-state index in [2.05, 4.69) is 34.6 Å². The lowest BCUT2D eigenvalue weighted by Gasteiger charge is -2.21. The van der Waals surface area contributed by atoms with Gasteiger partial charge in [-0.3, -0.25) is 37.3 Å². The molecule has 5 atom stereocenters. The molecule has 0 aromatic carbocycles. The van der Waals surface area contributed by atoms with Gasteiger partial charge in [-0.25, -0.2) is 9.13 Å². The van der Waals surface area contributed by atoms with Crippen molar-refractivity contribution in [2.45, 2.75) is 335 Å². The number of esters is 4.